The van der Waals surface area contributed by atoms with Crippen LogP contribution in [0.25, 0.3) is 22.2 Å². The van der Waals surface area contributed by atoms with Crippen molar-refractivity contribution in [3.8, 4) is 11.1 Å². The number of sulfonamides is 1. The number of aromatic nitrogens is 4. The first-order valence-corrected chi connectivity index (χ1v) is 14.4. The van der Waals surface area contributed by atoms with Crippen LogP contribution in [0.3, 0.4) is 0 Å². The van der Waals surface area contributed by atoms with E-state index < -0.39 is 27.2 Å². The molecule has 0 amide bonds. The van der Waals surface area contributed by atoms with Gasteiger partial charge in [0.1, 0.15) is 11.5 Å². The van der Waals surface area contributed by atoms with E-state index in [1.807, 2.05) is 16.9 Å². The maximum absolute atomic E-state index is 14.9. The molecule has 38 heavy (non-hydrogen) atoms. The predicted molar refractivity (Wildman–Crippen MR) is 146 cm³/mol. The molecule has 0 radical (unpaired) electrons. The zero-order valence-corrected chi connectivity index (χ0v) is 22.6. The van der Waals surface area contributed by atoms with Crippen LogP contribution in [0.2, 0.25) is 5.02 Å². The average molecular weight is 559 g/mol. The molecule has 0 saturated carbocycles. The van der Waals surface area contributed by atoms with Gasteiger partial charge in [-0.1, -0.05) is 18.5 Å². The Bertz CT molecular complexity index is 1610. The first-order valence-electron chi connectivity index (χ1n) is 12.4. The van der Waals surface area contributed by atoms with Gasteiger partial charge in [-0.05, 0) is 57.6 Å². The second kappa shape index (κ2) is 10.5. The highest BCUT2D eigenvalue weighted by atomic mass is 35.5. The maximum Gasteiger partial charge on any atom is 0.232 e. The van der Waals surface area contributed by atoms with Crippen molar-refractivity contribution in [2.24, 2.45) is 0 Å². The Morgan fingerprint density at radius 2 is 2.00 bits per heavy atom. The van der Waals surface area contributed by atoms with Crippen molar-refractivity contribution in [3.05, 3.63) is 65.0 Å². The number of piperidine rings is 1. The van der Waals surface area contributed by atoms with E-state index in [4.69, 9.17) is 11.6 Å². The largest absolute Gasteiger partial charge is 0.345 e. The van der Waals surface area contributed by atoms with Gasteiger partial charge in [0.25, 0.3) is 0 Å². The zero-order chi connectivity index (χ0) is 27.0. The molecular formula is C26H28ClFN6O3S. The highest BCUT2D eigenvalue weighted by molar-refractivity contribution is 7.92. The van der Waals surface area contributed by atoms with Gasteiger partial charge < -0.3 is 9.88 Å². The second-order valence-electron chi connectivity index (χ2n) is 9.60. The van der Waals surface area contributed by atoms with Crippen LogP contribution in [0.1, 0.15) is 48.1 Å². The molecule has 12 heteroatoms. The van der Waals surface area contributed by atoms with Gasteiger partial charge in [-0.15, -0.1) is 0 Å². The third-order valence-corrected chi connectivity index (χ3v) is 8.70. The minimum atomic E-state index is -3.69. The molecule has 1 aliphatic heterocycles. The Labute approximate surface area is 225 Å². The molecule has 200 valence electrons. The Kier molecular flexibility index (Phi) is 7.26. The van der Waals surface area contributed by atoms with Crippen molar-refractivity contribution < 1.29 is 17.6 Å². The van der Waals surface area contributed by atoms with Gasteiger partial charge in [0, 0.05) is 40.7 Å². The fourth-order valence-corrected chi connectivity index (χ4v) is 6.24. The van der Waals surface area contributed by atoms with Crippen molar-refractivity contribution in [2.75, 3.05) is 30.6 Å². The summed E-state index contributed by atoms with van der Waals surface area (Å²) in [6, 6.07) is 4.37. The van der Waals surface area contributed by atoms with Crippen LogP contribution in [0.15, 0.2) is 43.0 Å². The van der Waals surface area contributed by atoms with Crippen molar-refractivity contribution in [1.29, 1.82) is 0 Å². The van der Waals surface area contributed by atoms with Crippen LogP contribution in [0.4, 0.5) is 10.1 Å². The van der Waals surface area contributed by atoms with Gasteiger partial charge >= 0.3 is 0 Å². The number of nitrogens with one attached hydrogen (secondary N) is 2. The highest BCUT2D eigenvalue weighted by Gasteiger charge is 2.25. The van der Waals surface area contributed by atoms with Crippen molar-refractivity contribution in [2.45, 2.75) is 32.2 Å². The molecule has 2 N–H and O–H groups in total. The van der Waals surface area contributed by atoms with Gasteiger partial charge in [0.05, 0.1) is 34.3 Å². The lowest BCUT2D eigenvalue weighted by atomic mass is 10.0. The third kappa shape index (κ3) is 5.18. The van der Waals surface area contributed by atoms with Gasteiger partial charge in [-0.2, -0.15) is 5.10 Å². The minimum Gasteiger partial charge on any atom is -0.345 e. The number of rotatable bonds is 8. The summed E-state index contributed by atoms with van der Waals surface area (Å²) in [7, 11) is -1.58. The number of hydrogen-bond donors (Lipinski definition) is 2. The second-order valence-corrected chi connectivity index (χ2v) is 11.8. The lowest BCUT2D eigenvalue weighted by molar-refractivity contribution is 0.103. The summed E-state index contributed by atoms with van der Waals surface area (Å²) in [4.78, 5) is 23.2. The number of hydrogen-bond acceptors (Lipinski definition) is 6. The molecule has 1 aliphatic rings. The Hall–Kier alpha value is -3.28. The number of aromatic amines is 1. The summed E-state index contributed by atoms with van der Waals surface area (Å²) in [6.07, 6.45) is 9.33. The fourth-order valence-electron chi connectivity index (χ4n) is 4.76. The first-order chi connectivity index (χ1) is 18.2. The number of carbonyl (C=O) groups is 1. The summed E-state index contributed by atoms with van der Waals surface area (Å²) >= 11 is 6.37. The van der Waals surface area contributed by atoms with Crippen molar-refractivity contribution in [1.82, 2.24) is 24.6 Å². The number of ketones is 1. The summed E-state index contributed by atoms with van der Waals surface area (Å²) in [5.74, 6) is -1.66. The molecule has 3 aromatic heterocycles. The lowest BCUT2D eigenvalue weighted by Gasteiger charge is -2.28. The number of likely N-dealkylation sites (tertiary alicyclic amines) is 1. The van der Waals surface area contributed by atoms with E-state index in [9.17, 15) is 17.6 Å². The van der Waals surface area contributed by atoms with E-state index >= 15 is 0 Å². The van der Waals surface area contributed by atoms with Gasteiger partial charge in [0.2, 0.25) is 10.0 Å². The highest BCUT2D eigenvalue weighted by Crippen LogP contribution is 2.33. The Balaban J connectivity index is 1.48. The molecule has 1 saturated heterocycles. The van der Waals surface area contributed by atoms with E-state index in [-0.39, 0.29) is 22.0 Å². The number of pyridine rings is 1. The molecule has 0 unspecified atom stereocenters. The number of nitrogens with zero attached hydrogens (tertiary/aromatic N) is 4. The molecule has 9 nitrogen and oxygen atoms in total. The van der Waals surface area contributed by atoms with Crippen LogP contribution in [-0.4, -0.2) is 64.7 Å². The lowest BCUT2D eigenvalue weighted by Crippen LogP contribution is -2.31. The molecule has 0 bridgehead atoms. The summed E-state index contributed by atoms with van der Waals surface area (Å²) in [5, 5.41) is 4.76. The van der Waals surface area contributed by atoms with Crippen molar-refractivity contribution >= 4 is 44.1 Å². The topological polar surface area (TPSA) is 113 Å². The van der Waals surface area contributed by atoms with Crippen LogP contribution in [0, 0.1) is 5.82 Å². The number of benzene rings is 1. The van der Waals surface area contributed by atoms with E-state index in [0.29, 0.717) is 23.5 Å². The van der Waals surface area contributed by atoms with E-state index in [2.05, 4.69) is 31.7 Å². The van der Waals surface area contributed by atoms with Crippen LogP contribution in [-0.2, 0) is 10.0 Å². The molecule has 0 spiro atoms. The number of carbonyl (C=O) groups excluding carboxylic acids is 1. The number of halogens is 2. The summed E-state index contributed by atoms with van der Waals surface area (Å²) < 4.78 is 43.7. The summed E-state index contributed by atoms with van der Waals surface area (Å²) in [6.45, 7) is 3.75. The molecule has 4 heterocycles. The summed E-state index contributed by atoms with van der Waals surface area (Å²) in [5.41, 5.74) is 1.78. The van der Waals surface area contributed by atoms with E-state index in [0.717, 1.165) is 43.1 Å². The monoisotopic (exact) mass is 558 g/mol. The fraction of sp³-hybridized carbons (Fsp3) is 0.346. The Morgan fingerprint density at radius 3 is 2.74 bits per heavy atom. The third-order valence-electron chi connectivity index (χ3n) is 6.83. The smallest absolute Gasteiger partial charge is 0.232 e. The molecule has 1 fully saturated rings. The maximum atomic E-state index is 14.9. The minimum absolute atomic E-state index is 0.0511. The molecule has 0 atom stereocenters. The SMILES string of the molecule is CCCS(=O)(=O)Nc1ccc(F)c(C(=O)c2c[nH]c3ncc(-c4cnn(C5CCN(C)CC5)c4)cc23)c1Cl. The Morgan fingerprint density at radius 1 is 1.24 bits per heavy atom. The predicted octanol–water partition coefficient (Wildman–Crippen LogP) is 4.87. The van der Waals surface area contributed by atoms with Crippen LogP contribution < -0.4 is 4.72 Å². The van der Waals surface area contributed by atoms with E-state index in [1.54, 1.807) is 19.3 Å². The van der Waals surface area contributed by atoms with Gasteiger partial charge in [-0.3, -0.25) is 14.2 Å². The molecule has 4 aromatic rings. The quantitative estimate of drug-likeness (QED) is 0.298. The van der Waals surface area contributed by atoms with Crippen LogP contribution >= 0.6 is 11.6 Å². The standard InChI is InChI=1S/C26H28ClFN6O3S/c1-3-10-38(36,37)32-22-5-4-21(28)23(24(22)27)25(35)20-14-30-26-19(20)11-16(12-29-26)17-13-31-34(15-17)18-6-8-33(2)9-7-18/h4-5,11-15,18,32H,3,6-10H2,1-2H3,(H,29,30). The van der Waals surface area contributed by atoms with E-state index in [1.165, 1.54) is 12.3 Å². The molecule has 5 rings (SSSR count). The molecule has 1 aromatic carbocycles. The molecule has 0 aliphatic carbocycles. The van der Waals surface area contributed by atoms with Gasteiger partial charge in [0.15, 0.2) is 5.78 Å². The zero-order valence-electron chi connectivity index (χ0n) is 21.0. The number of anilines is 1. The number of fused-ring (bicyclic) bond motifs is 1. The van der Waals surface area contributed by atoms with Gasteiger partial charge in [-0.25, -0.2) is 17.8 Å². The average Bonchev–Trinajstić information content (AvgIpc) is 3.53. The van der Waals surface area contributed by atoms with Crippen LogP contribution in [0.5, 0.6) is 0 Å². The first kappa shape index (κ1) is 26.3. The normalized spacial score (nSPS) is 15.3. The number of H-pyrrole nitrogens is 1. The van der Waals surface area contributed by atoms with Crippen molar-refractivity contribution in [3.63, 3.8) is 0 Å². The molecular weight excluding hydrogens is 531 g/mol.